The Hall–Kier alpha value is -2.63. The van der Waals surface area contributed by atoms with Gasteiger partial charge in [0.2, 0.25) is 0 Å². The zero-order valence-electron chi connectivity index (χ0n) is 10.7. The fraction of sp³-hybridized carbons (Fsp3) is 0.214. The summed E-state index contributed by atoms with van der Waals surface area (Å²) >= 11 is 0. The number of carbonyl (C=O) groups is 1. The summed E-state index contributed by atoms with van der Waals surface area (Å²) in [6, 6.07) is 7.80. The highest BCUT2D eigenvalue weighted by molar-refractivity contribution is 5.85. The van der Waals surface area contributed by atoms with E-state index in [9.17, 15) is 4.79 Å². The molecule has 0 saturated heterocycles. The van der Waals surface area contributed by atoms with E-state index in [4.69, 9.17) is 9.84 Å². The van der Waals surface area contributed by atoms with Gasteiger partial charge in [0.25, 0.3) is 0 Å². The predicted molar refractivity (Wildman–Crippen MR) is 72.0 cm³/mol. The molecule has 6 nitrogen and oxygen atoms in total. The van der Waals surface area contributed by atoms with E-state index < -0.39 is 5.97 Å². The molecule has 20 heavy (non-hydrogen) atoms. The van der Waals surface area contributed by atoms with E-state index in [1.165, 1.54) is 6.20 Å². The van der Waals surface area contributed by atoms with Crippen molar-refractivity contribution in [2.24, 2.45) is 0 Å². The van der Waals surface area contributed by atoms with Gasteiger partial charge in [0.1, 0.15) is 18.2 Å². The van der Waals surface area contributed by atoms with Crippen LogP contribution in [0.5, 0.6) is 5.75 Å². The Balaban J connectivity index is 1.91. The number of aromatic carboxylic acids is 1. The Morgan fingerprint density at radius 1 is 1.30 bits per heavy atom. The molecule has 1 aromatic heterocycles. The van der Waals surface area contributed by atoms with Crippen molar-refractivity contribution < 1.29 is 14.6 Å². The first-order valence-corrected chi connectivity index (χ1v) is 6.25. The first kappa shape index (κ1) is 12.4. The Bertz CT molecular complexity index is 645. The topological polar surface area (TPSA) is 75.5 Å². The molecule has 0 radical (unpaired) electrons. The van der Waals surface area contributed by atoms with Crippen LogP contribution >= 0.6 is 0 Å². The second-order valence-electron chi connectivity index (χ2n) is 4.45. The van der Waals surface area contributed by atoms with Gasteiger partial charge in [-0.1, -0.05) is 18.2 Å². The summed E-state index contributed by atoms with van der Waals surface area (Å²) in [4.78, 5) is 21.0. The lowest BCUT2D eigenvalue weighted by atomic mass is 10.2. The van der Waals surface area contributed by atoms with Gasteiger partial charge in [-0.3, -0.25) is 4.98 Å². The number of anilines is 1. The summed E-state index contributed by atoms with van der Waals surface area (Å²) in [6.07, 6.45) is 2.81. The number of carboxylic acid groups (broad SMARTS) is 1. The van der Waals surface area contributed by atoms with Gasteiger partial charge in [0.05, 0.1) is 18.9 Å². The van der Waals surface area contributed by atoms with E-state index >= 15 is 0 Å². The number of carboxylic acids is 1. The molecule has 102 valence electrons. The second kappa shape index (κ2) is 5.16. The Morgan fingerprint density at radius 3 is 3.00 bits per heavy atom. The smallest absolute Gasteiger partial charge is 0.356 e. The summed E-state index contributed by atoms with van der Waals surface area (Å²) in [5.41, 5.74) is 0.994. The third-order valence-corrected chi connectivity index (χ3v) is 3.12. The van der Waals surface area contributed by atoms with Crippen molar-refractivity contribution in [2.45, 2.75) is 6.54 Å². The summed E-state index contributed by atoms with van der Waals surface area (Å²) in [6.45, 7) is 1.77. The lowest BCUT2D eigenvalue weighted by Crippen LogP contribution is -2.26. The highest BCUT2D eigenvalue weighted by atomic mass is 16.5. The summed E-state index contributed by atoms with van der Waals surface area (Å²) in [5, 5.41) is 8.98. The van der Waals surface area contributed by atoms with E-state index in [0.717, 1.165) is 11.3 Å². The van der Waals surface area contributed by atoms with Crippen molar-refractivity contribution in [1.29, 1.82) is 0 Å². The van der Waals surface area contributed by atoms with Crippen LogP contribution in [-0.2, 0) is 6.54 Å². The molecular weight excluding hydrogens is 258 g/mol. The van der Waals surface area contributed by atoms with E-state index in [1.54, 1.807) is 6.20 Å². The third kappa shape index (κ3) is 2.40. The highest BCUT2D eigenvalue weighted by Gasteiger charge is 2.17. The van der Waals surface area contributed by atoms with Crippen LogP contribution in [-0.4, -0.2) is 34.2 Å². The van der Waals surface area contributed by atoms with Crippen LogP contribution in [0.25, 0.3) is 0 Å². The van der Waals surface area contributed by atoms with Crippen molar-refractivity contribution in [1.82, 2.24) is 9.97 Å². The molecule has 0 aliphatic carbocycles. The van der Waals surface area contributed by atoms with Crippen molar-refractivity contribution >= 4 is 11.8 Å². The lowest BCUT2D eigenvalue weighted by Gasteiger charge is -2.20. The van der Waals surface area contributed by atoms with Crippen molar-refractivity contribution in [3.63, 3.8) is 0 Å². The number of para-hydroxylation sites is 1. The molecule has 6 heteroatoms. The van der Waals surface area contributed by atoms with E-state index in [2.05, 4.69) is 9.97 Å². The van der Waals surface area contributed by atoms with Crippen molar-refractivity contribution in [3.8, 4) is 5.75 Å². The monoisotopic (exact) mass is 271 g/mol. The predicted octanol–water partition coefficient (Wildman–Crippen LogP) is 1.57. The Labute approximate surface area is 115 Å². The van der Waals surface area contributed by atoms with Gasteiger partial charge in [-0.2, -0.15) is 0 Å². The Kier molecular flexibility index (Phi) is 3.20. The maximum absolute atomic E-state index is 11.0. The molecule has 0 fully saturated rings. The number of fused-ring (bicyclic) bond motifs is 1. The molecule has 0 amide bonds. The van der Waals surface area contributed by atoms with Crippen molar-refractivity contribution in [2.75, 3.05) is 18.1 Å². The minimum absolute atomic E-state index is 0.0547. The number of rotatable bonds is 2. The first-order valence-electron chi connectivity index (χ1n) is 6.25. The molecule has 0 atom stereocenters. The summed E-state index contributed by atoms with van der Waals surface area (Å²) < 4.78 is 5.67. The Morgan fingerprint density at radius 2 is 2.15 bits per heavy atom. The van der Waals surface area contributed by atoms with Gasteiger partial charge in [-0.15, -0.1) is 0 Å². The molecule has 0 unspecified atom stereocenters. The van der Waals surface area contributed by atoms with E-state index in [1.807, 2.05) is 29.2 Å². The van der Waals surface area contributed by atoms with Gasteiger partial charge in [0.15, 0.2) is 5.69 Å². The number of hydrogen-bond donors (Lipinski definition) is 1. The fourth-order valence-electron chi connectivity index (χ4n) is 2.13. The maximum atomic E-state index is 11.0. The van der Waals surface area contributed by atoms with Gasteiger partial charge < -0.3 is 14.7 Å². The number of nitrogens with zero attached hydrogens (tertiary/aromatic N) is 3. The second-order valence-corrected chi connectivity index (χ2v) is 4.45. The van der Waals surface area contributed by atoms with E-state index in [-0.39, 0.29) is 5.69 Å². The average molecular weight is 271 g/mol. The standard InChI is InChI=1S/C14H13N3O3/c18-14(19)11-7-15-8-13(16-11)17-5-6-20-12-4-2-1-3-10(12)9-17/h1-4,7-8H,5-6,9H2,(H,18,19). The van der Waals surface area contributed by atoms with Crippen LogP contribution in [0.15, 0.2) is 36.7 Å². The fourth-order valence-corrected chi connectivity index (χ4v) is 2.13. The number of ether oxygens (including phenoxy) is 1. The molecule has 1 N–H and O–H groups in total. The quantitative estimate of drug-likeness (QED) is 0.893. The first-order chi connectivity index (χ1) is 9.74. The van der Waals surface area contributed by atoms with Crippen LogP contribution in [0.3, 0.4) is 0 Å². The summed E-state index contributed by atoms with van der Waals surface area (Å²) in [7, 11) is 0. The molecule has 1 aliphatic heterocycles. The molecule has 0 spiro atoms. The molecule has 0 saturated carbocycles. The minimum Gasteiger partial charge on any atom is -0.491 e. The molecule has 2 aromatic rings. The molecule has 1 aliphatic rings. The average Bonchev–Trinajstić information content (AvgIpc) is 2.69. The van der Waals surface area contributed by atoms with Crippen LogP contribution < -0.4 is 9.64 Å². The van der Waals surface area contributed by atoms with Crippen LogP contribution in [0.2, 0.25) is 0 Å². The minimum atomic E-state index is -1.08. The third-order valence-electron chi connectivity index (χ3n) is 3.12. The van der Waals surface area contributed by atoms with Gasteiger partial charge in [-0.05, 0) is 6.07 Å². The molecule has 0 bridgehead atoms. The highest BCUT2D eigenvalue weighted by Crippen LogP contribution is 2.24. The van der Waals surface area contributed by atoms with Crippen LogP contribution in [0, 0.1) is 0 Å². The largest absolute Gasteiger partial charge is 0.491 e. The number of hydrogen-bond acceptors (Lipinski definition) is 5. The van der Waals surface area contributed by atoms with Crippen molar-refractivity contribution in [3.05, 3.63) is 47.9 Å². The van der Waals surface area contributed by atoms with Gasteiger partial charge >= 0.3 is 5.97 Å². The van der Waals surface area contributed by atoms with Crippen LogP contribution in [0.1, 0.15) is 16.1 Å². The zero-order valence-corrected chi connectivity index (χ0v) is 10.7. The zero-order chi connectivity index (χ0) is 13.9. The number of aromatic nitrogens is 2. The van der Waals surface area contributed by atoms with Crippen LogP contribution in [0.4, 0.5) is 5.82 Å². The molecule has 2 heterocycles. The molecular formula is C14H13N3O3. The maximum Gasteiger partial charge on any atom is 0.356 e. The molecule has 1 aromatic carbocycles. The van der Waals surface area contributed by atoms with Gasteiger partial charge in [-0.25, -0.2) is 9.78 Å². The van der Waals surface area contributed by atoms with Gasteiger partial charge in [0, 0.05) is 12.1 Å². The van der Waals surface area contributed by atoms with E-state index in [0.29, 0.717) is 25.5 Å². The molecule has 3 rings (SSSR count). The normalized spacial score (nSPS) is 14.1. The lowest BCUT2D eigenvalue weighted by molar-refractivity contribution is 0.0690. The number of benzene rings is 1. The SMILES string of the molecule is O=C(O)c1cncc(N2CCOc3ccccc3C2)n1. The summed E-state index contributed by atoms with van der Waals surface area (Å²) in [5.74, 6) is 0.327.